The van der Waals surface area contributed by atoms with Crippen molar-refractivity contribution >= 4 is 29.4 Å². The molecule has 2 amide bonds. The van der Waals surface area contributed by atoms with E-state index in [0.29, 0.717) is 5.82 Å². The monoisotopic (exact) mass is 333 g/mol. The first-order valence-corrected chi connectivity index (χ1v) is 8.62. The molecule has 0 aromatic carbocycles. The van der Waals surface area contributed by atoms with E-state index >= 15 is 0 Å². The van der Waals surface area contributed by atoms with E-state index < -0.39 is 0 Å². The SMILES string of the molecule is CC(C)C(=O)Nc1cc(N2CCCCC2)nc(NC(=O)C(C)C)n1. The molecule has 24 heavy (non-hydrogen) atoms. The van der Waals surface area contributed by atoms with E-state index in [2.05, 4.69) is 25.5 Å². The number of piperidine rings is 1. The summed E-state index contributed by atoms with van der Waals surface area (Å²) in [6.07, 6.45) is 3.45. The number of nitrogens with one attached hydrogen (secondary N) is 2. The molecule has 132 valence electrons. The molecule has 0 radical (unpaired) electrons. The van der Waals surface area contributed by atoms with Crippen molar-refractivity contribution in [3.8, 4) is 0 Å². The Morgan fingerprint density at radius 1 is 0.958 bits per heavy atom. The third-order valence-electron chi connectivity index (χ3n) is 3.93. The molecule has 2 heterocycles. The Labute approximate surface area is 143 Å². The molecule has 1 aliphatic rings. The summed E-state index contributed by atoms with van der Waals surface area (Å²) < 4.78 is 0. The van der Waals surface area contributed by atoms with Crippen LogP contribution in [0.3, 0.4) is 0 Å². The van der Waals surface area contributed by atoms with Gasteiger partial charge in [0.2, 0.25) is 17.8 Å². The Morgan fingerprint density at radius 2 is 1.54 bits per heavy atom. The average molecular weight is 333 g/mol. The van der Waals surface area contributed by atoms with Gasteiger partial charge in [-0.1, -0.05) is 27.7 Å². The third kappa shape index (κ3) is 4.91. The number of nitrogens with zero attached hydrogens (tertiary/aromatic N) is 3. The van der Waals surface area contributed by atoms with Crippen LogP contribution in [0, 0.1) is 11.8 Å². The van der Waals surface area contributed by atoms with E-state index in [4.69, 9.17) is 0 Å². The van der Waals surface area contributed by atoms with Crippen molar-refractivity contribution in [1.29, 1.82) is 0 Å². The minimum Gasteiger partial charge on any atom is -0.356 e. The van der Waals surface area contributed by atoms with Crippen LogP contribution in [0.1, 0.15) is 47.0 Å². The van der Waals surface area contributed by atoms with Gasteiger partial charge in [-0.15, -0.1) is 0 Å². The number of carbonyl (C=O) groups excluding carboxylic acids is 2. The summed E-state index contributed by atoms with van der Waals surface area (Å²) in [4.78, 5) is 34.8. The lowest BCUT2D eigenvalue weighted by atomic mass is 10.1. The molecule has 1 fully saturated rings. The van der Waals surface area contributed by atoms with Crippen LogP contribution in [0.15, 0.2) is 6.07 Å². The van der Waals surface area contributed by atoms with E-state index in [0.717, 1.165) is 31.7 Å². The van der Waals surface area contributed by atoms with Crippen molar-refractivity contribution in [3.05, 3.63) is 6.07 Å². The van der Waals surface area contributed by atoms with Crippen LogP contribution < -0.4 is 15.5 Å². The maximum atomic E-state index is 12.0. The Balaban J connectivity index is 2.27. The van der Waals surface area contributed by atoms with Gasteiger partial charge in [0.15, 0.2) is 0 Å². The normalized spacial score (nSPS) is 14.8. The van der Waals surface area contributed by atoms with Gasteiger partial charge in [0, 0.05) is 31.0 Å². The minimum absolute atomic E-state index is 0.112. The number of aromatic nitrogens is 2. The summed E-state index contributed by atoms with van der Waals surface area (Å²) in [5, 5.41) is 5.52. The maximum absolute atomic E-state index is 12.0. The fraction of sp³-hybridized carbons (Fsp3) is 0.647. The zero-order valence-electron chi connectivity index (χ0n) is 14.9. The summed E-state index contributed by atoms with van der Waals surface area (Å²) >= 11 is 0. The molecule has 1 aromatic heterocycles. The summed E-state index contributed by atoms with van der Waals surface area (Å²) in [6.45, 7) is 9.11. The first kappa shape index (κ1) is 18.2. The van der Waals surface area contributed by atoms with Gasteiger partial charge in [0.25, 0.3) is 0 Å². The van der Waals surface area contributed by atoms with Crippen molar-refractivity contribution < 1.29 is 9.59 Å². The average Bonchev–Trinajstić information content (AvgIpc) is 2.55. The Kier molecular flexibility index (Phi) is 6.11. The molecule has 7 nitrogen and oxygen atoms in total. The zero-order chi connectivity index (χ0) is 17.7. The lowest BCUT2D eigenvalue weighted by Crippen LogP contribution is -2.31. The largest absolute Gasteiger partial charge is 0.356 e. The second-order valence-electron chi connectivity index (χ2n) is 6.77. The van der Waals surface area contributed by atoms with E-state index in [9.17, 15) is 9.59 Å². The topological polar surface area (TPSA) is 87.2 Å². The summed E-state index contributed by atoms with van der Waals surface area (Å²) in [6, 6.07) is 1.77. The molecule has 1 aliphatic heterocycles. The lowest BCUT2D eigenvalue weighted by Gasteiger charge is -2.28. The number of rotatable bonds is 5. The molecule has 7 heteroatoms. The van der Waals surface area contributed by atoms with E-state index in [-0.39, 0.29) is 29.6 Å². The molecule has 2 N–H and O–H groups in total. The number of hydrogen-bond donors (Lipinski definition) is 2. The fourth-order valence-corrected chi connectivity index (χ4v) is 2.36. The highest BCUT2D eigenvalue weighted by atomic mass is 16.2. The van der Waals surface area contributed by atoms with Crippen LogP contribution in [-0.4, -0.2) is 34.9 Å². The number of amides is 2. The van der Waals surface area contributed by atoms with E-state index in [1.165, 1.54) is 6.42 Å². The molecular weight excluding hydrogens is 306 g/mol. The smallest absolute Gasteiger partial charge is 0.233 e. The fourth-order valence-electron chi connectivity index (χ4n) is 2.36. The summed E-state index contributed by atoms with van der Waals surface area (Å²) in [5.41, 5.74) is 0. The van der Waals surface area contributed by atoms with Crippen molar-refractivity contribution in [3.63, 3.8) is 0 Å². The highest BCUT2D eigenvalue weighted by molar-refractivity contribution is 5.93. The number of carbonyl (C=O) groups is 2. The Morgan fingerprint density at radius 3 is 2.12 bits per heavy atom. The number of hydrogen-bond acceptors (Lipinski definition) is 5. The third-order valence-corrected chi connectivity index (χ3v) is 3.93. The predicted molar refractivity (Wildman–Crippen MR) is 95.0 cm³/mol. The first-order valence-electron chi connectivity index (χ1n) is 8.62. The second kappa shape index (κ2) is 8.08. The number of anilines is 3. The highest BCUT2D eigenvalue weighted by Gasteiger charge is 2.18. The van der Waals surface area contributed by atoms with Gasteiger partial charge >= 0.3 is 0 Å². The van der Waals surface area contributed by atoms with Gasteiger partial charge in [0.05, 0.1) is 0 Å². The van der Waals surface area contributed by atoms with Crippen molar-refractivity contribution in [1.82, 2.24) is 9.97 Å². The molecule has 0 unspecified atom stereocenters. The minimum atomic E-state index is -0.166. The molecule has 1 aromatic rings. The van der Waals surface area contributed by atoms with Crippen LogP contribution in [0.5, 0.6) is 0 Å². The van der Waals surface area contributed by atoms with E-state index in [1.807, 2.05) is 27.7 Å². The first-order chi connectivity index (χ1) is 11.4. The van der Waals surface area contributed by atoms with Crippen LogP contribution in [-0.2, 0) is 9.59 Å². The quantitative estimate of drug-likeness (QED) is 0.865. The lowest BCUT2D eigenvalue weighted by molar-refractivity contribution is -0.119. The molecule has 0 bridgehead atoms. The predicted octanol–water partition coefficient (Wildman–Crippen LogP) is 2.66. The second-order valence-corrected chi connectivity index (χ2v) is 6.77. The van der Waals surface area contributed by atoms with Crippen LogP contribution in [0.4, 0.5) is 17.6 Å². The van der Waals surface area contributed by atoms with Gasteiger partial charge in [-0.05, 0) is 19.3 Å². The van der Waals surface area contributed by atoms with Crippen molar-refractivity contribution in [2.75, 3.05) is 28.6 Å². The molecule has 0 saturated carbocycles. The van der Waals surface area contributed by atoms with Gasteiger partial charge in [-0.2, -0.15) is 9.97 Å². The summed E-state index contributed by atoms with van der Waals surface area (Å²) in [7, 11) is 0. The Bertz CT molecular complexity index is 554. The molecule has 0 spiro atoms. The molecular formula is C17H27N5O2. The van der Waals surface area contributed by atoms with Crippen LogP contribution in [0.25, 0.3) is 0 Å². The van der Waals surface area contributed by atoms with Crippen molar-refractivity contribution in [2.24, 2.45) is 11.8 Å². The molecule has 0 atom stereocenters. The van der Waals surface area contributed by atoms with Crippen molar-refractivity contribution in [2.45, 2.75) is 47.0 Å². The van der Waals surface area contributed by atoms with Gasteiger partial charge in [0.1, 0.15) is 11.6 Å². The molecule has 0 aliphatic carbocycles. The Hall–Kier alpha value is -2.18. The molecule has 2 rings (SSSR count). The zero-order valence-corrected chi connectivity index (χ0v) is 14.9. The van der Waals surface area contributed by atoms with Crippen LogP contribution in [0.2, 0.25) is 0 Å². The molecule has 1 saturated heterocycles. The van der Waals surface area contributed by atoms with Crippen LogP contribution >= 0.6 is 0 Å². The van der Waals surface area contributed by atoms with Gasteiger partial charge in [-0.25, -0.2) is 0 Å². The van der Waals surface area contributed by atoms with E-state index in [1.54, 1.807) is 6.07 Å². The highest BCUT2D eigenvalue weighted by Crippen LogP contribution is 2.22. The standard InChI is InChI=1S/C17H27N5O2/c1-11(2)15(23)18-13-10-14(22-8-6-5-7-9-22)20-17(19-13)21-16(24)12(3)4/h10-12H,5-9H2,1-4H3,(H2,18,19,20,21,23,24). The van der Waals surface area contributed by atoms with Gasteiger partial charge in [-0.3, -0.25) is 14.9 Å². The summed E-state index contributed by atoms with van der Waals surface area (Å²) in [5.74, 6) is 0.821. The maximum Gasteiger partial charge on any atom is 0.233 e. The van der Waals surface area contributed by atoms with Gasteiger partial charge < -0.3 is 10.2 Å².